The van der Waals surface area contributed by atoms with Gasteiger partial charge in [0, 0.05) is 44.1 Å². The number of benzene rings is 2. The molecule has 0 N–H and O–H groups in total. The summed E-state index contributed by atoms with van der Waals surface area (Å²) < 4.78 is 17.3. The zero-order valence-electron chi connectivity index (χ0n) is 16.0. The summed E-state index contributed by atoms with van der Waals surface area (Å²) in [5.41, 5.74) is 3.82. The van der Waals surface area contributed by atoms with Gasteiger partial charge in [0.1, 0.15) is 5.82 Å². The fraction of sp³-hybridized carbons (Fsp3) is 0.217. The maximum absolute atomic E-state index is 13.5. The fourth-order valence-electron chi connectivity index (χ4n) is 4.16. The van der Waals surface area contributed by atoms with Gasteiger partial charge >= 0.3 is 0 Å². The lowest BCUT2D eigenvalue weighted by Gasteiger charge is -2.29. The van der Waals surface area contributed by atoms with E-state index < -0.39 is 0 Å². The van der Waals surface area contributed by atoms with Crippen LogP contribution in [0.15, 0.2) is 71.8 Å². The molecule has 5 nitrogen and oxygen atoms in total. The molecule has 0 unspecified atom stereocenters. The highest BCUT2D eigenvalue weighted by molar-refractivity contribution is 5.38. The maximum atomic E-state index is 13.5. The van der Waals surface area contributed by atoms with Crippen LogP contribution in [0.5, 0.6) is 0 Å². The highest BCUT2D eigenvalue weighted by atomic mass is 19.1. The predicted octanol–water partition coefficient (Wildman–Crippen LogP) is 3.24. The van der Waals surface area contributed by atoms with E-state index in [9.17, 15) is 9.18 Å². The molecule has 1 aliphatic heterocycles. The monoisotopic (exact) mass is 388 g/mol. The lowest BCUT2D eigenvalue weighted by molar-refractivity contribution is 0.240. The lowest BCUT2D eigenvalue weighted by Crippen LogP contribution is -2.38. The number of aromatic nitrogens is 3. The molecule has 5 rings (SSSR count). The summed E-state index contributed by atoms with van der Waals surface area (Å²) in [5, 5.41) is 0. The molecule has 0 spiro atoms. The number of imidazole rings is 1. The first kappa shape index (κ1) is 17.8. The zero-order valence-corrected chi connectivity index (χ0v) is 16.0. The third kappa shape index (κ3) is 3.36. The number of hydrogen-bond donors (Lipinski definition) is 0. The molecule has 0 amide bonds. The molecule has 0 aliphatic carbocycles. The molecule has 3 heterocycles. The van der Waals surface area contributed by atoms with Gasteiger partial charge < -0.3 is 0 Å². The Morgan fingerprint density at radius 3 is 2.66 bits per heavy atom. The van der Waals surface area contributed by atoms with E-state index in [4.69, 9.17) is 0 Å². The van der Waals surface area contributed by atoms with Crippen molar-refractivity contribution < 1.29 is 4.39 Å². The molecule has 0 saturated heterocycles. The van der Waals surface area contributed by atoms with E-state index in [0.29, 0.717) is 25.4 Å². The summed E-state index contributed by atoms with van der Waals surface area (Å²) in [6.07, 6.45) is 4.44. The molecular formula is C23H21FN4O. The summed E-state index contributed by atoms with van der Waals surface area (Å²) in [7, 11) is 0. The van der Waals surface area contributed by atoms with Gasteiger partial charge in [-0.1, -0.05) is 42.5 Å². The van der Waals surface area contributed by atoms with Crippen LogP contribution in [-0.2, 0) is 26.1 Å². The van der Waals surface area contributed by atoms with E-state index in [0.717, 1.165) is 35.3 Å². The number of fused-ring (bicyclic) bond motifs is 3. The minimum Gasteiger partial charge on any atom is -0.294 e. The Labute approximate surface area is 167 Å². The largest absolute Gasteiger partial charge is 0.294 e. The number of nitrogens with zero attached hydrogens (tertiary/aromatic N) is 4. The van der Waals surface area contributed by atoms with Gasteiger partial charge in [-0.25, -0.2) is 9.37 Å². The Morgan fingerprint density at radius 1 is 1.00 bits per heavy atom. The van der Waals surface area contributed by atoms with Crippen molar-refractivity contribution in [3.63, 3.8) is 0 Å². The van der Waals surface area contributed by atoms with Crippen LogP contribution in [0.25, 0.3) is 5.78 Å². The van der Waals surface area contributed by atoms with Crippen molar-refractivity contribution in [3.8, 4) is 0 Å². The van der Waals surface area contributed by atoms with Gasteiger partial charge in [-0.2, -0.15) is 0 Å². The first-order chi connectivity index (χ1) is 14.2. The second-order valence-corrected chi connectivity index (χ2v) is 7.49. The van der Waals surface area contributed by atoms with Gasteiger partial charge in [-0.15, -0.1) is 0 Å². The number of rotatable bonds is 4. The van der Waals surface area contributed by atoms with Crippen LogP contribution < -0.4 is 5.56 Å². The van der Waals surface area contributed by atoms with Crippen molar-refractivity contribution in [1.82, 2.24) is 18.9 Å². The molecule has 2 aromatic carbocycles. The van der Waals surface area contributed by atoms with Crippen LogP contribution in [0, 0.1) is 5.82 Å². The minimum atomic E-state index is -0.231. The molecule has 0 saturated carbocycles. The third-order valence-corrected chi connectivity index (χ3v) is 5.53. The van der Waals surface area contributed by atoms with Crippen molar-refractivity contribution in [2.24, 2.45) is 0 Å². The van der Waals surface area contributed by atoms with E-state index in [2.05, 4.69) is 9.88 Å². The smallest absolute Gasteiger partial charge is 0.259 e. The van der Waals surface area contributed by atoms with Gasteiger partial charge in [0.15, 0.2) is 0 Å². The fourth-order valence-corrected chi connectivity index (χ4v) is 4.16. The maximum Gasteiger partial charge on any atom is 0.259 e. The van der Waals surface area contributed by atoms with Gasteiger partial charge in [-0.3, -0.25) is 18.7 Å². The second-order valence-electron chi connectivity index (χ2n) is 7.49. The summed E-state index contributed by atoms with van der Waals surface area (Å²) in [4.78, 5) is 20.1. The topological polar surface area (TPSA) is 42.5 Å². The van der Waals surface area contributed by atoms with Crippen molar-refractivity contribution in [2.75, 3.05) is 6.54 Å². The van der Waals surface area contributed by atoms with Crippen LogP contribution in [-0.4, -0.2) is 25.4 Å². The molecule has 4 aromatic rings. The molecule has 1 aliphatic rings. The molecule has 2 aromatic heterocycles. The third-order valence-electron chi connectivity index (χ3n) is 5.53. The van der Waals surface area contributed by atoms with E-state index in [1.54, 1.807) is 22.9 Å². The van der Waals surface area contributed by atoms with Crippen molar-refractivity contribution in [1.29, 1.82) is 0 Å². The van der Waals surface area contributed by atoms with Crippen LogP contribution >= 0.6 is 0 Å². The predicted molar refractivity (Wildman–Crippen MR) is 109 cm³/mol. The van der Waals surface area contributed by atoms with E-state index in [1.165, 1.54) is 6.07 Å². The Balaban J connectivity index is 1.52. The SMILES string of the molecule is O=c1c2c(n3ccnc3n1Cc1ccccc1)CCN(Cc1cccc(F)c1)C2. The van der Waals surface area contributed by atoms with E-state index in [-0.39, 0.29) is 11.4 Å². The molecule has 29 heavy (non-hydrogen) atoms. The summed E-state index contributed by atoms with van der Waals surface area (Å²) in [5.74, 6) is 0.446. The summed E-state index contributed by atoms with van der Waals surface area (Å²) in [6.45, 7) is 2.47. The van der Waals surface area contributed by atoms with Crippen LogP contribution in [0.3, 0.4) is 0 Å². The zero-order chi connectivity index (χ0) is 19.8. The molecule has 0 atom stereocenters. The van der Waals surface area contributed by atoms with Crippen molar-refractivity contribution >= 4 is 5.78 Å². The Kier molecular flexibility index (Phi) is 4.48. The van der Waals surface area contributed by atoms with Crippen molar-refractivity contribution in [2.45, 2.75) is 26.1 Å². The van der Waals surface area contributed by atoms with Gasteiger partial charge in [0.2, 0.25) is 5.78 Å². The standard InChI is InChI=1S/C23H21FN4O/c24-19-8-4-7-18(13-19)14-26-11-9-21-20(16-26)22(29)28(23-25-10-12-27(21)23)15-17-5-2-1-3-6-17/h1-8,10,12-13H,9,11,14-16H2. The van der Waals surface area contributed by atoms with Crippen molar-refractivity contribution in [3.05, 3.63) is 106 Å². The first-order valence-electron chi connectivity index (χ1n) is 9.77. The van der Waals surface area contributed by atoms with E-state index in [1.807, 2.05) is 47.0 Å². The Morgan fingerprint density at radius 2 is 1.83 bits per heavy atom. The normalized spacial score (nSPS) is 14.2. The Bertz CT molecular complexity index is 1230. The van der Waals surface area contributed by atoms with Crippen LogP contribution in [0.1, 0.15) is 22.4 Å². The number of halogens is 1. The molecule has 0 radical (unpaired) electrons. The molecule has 146 valence electrons. The second kappa shape index (κ2) is 7.29. The lowest BCUT2D eigenvalue weighted by atomic mass is 10.1. The van der Waals surface area contributed by atoms with Crippen LogP contribution in [0.4, 0.5) is 4.39 Å². The van der Waals surface area contributed by atoms with Gasteiger partial charge in [0.05, 0.1) is 12.1 Å². The quantitative estimate of drug-likeness (QED) is 0.539. The molecule has 0 fully saturated rings. The van der Waals surface area contributed by atoms with E-state index >= 15 is 0 Å². The average Bonchev–Trinajstić information content (AvgIpc) is 3.22. The van der Waals surface area contributed by atoms with Crippen LogP contribution in [0.2, 0.25) is 0 Å². The summed E-state index contributed by atoms with van der Waals surface area (Å²) in [6, 6.07) is 16.6. The summed E-state index contributed by atoms with van der Waals surface area (Å²) >= 11 is 0. The molecule has 6 heteroatoms. The molecule has 0 bridgehead atoms. The molecular weight excluding hydrogens is 367 g/mol. The Hall–Kier alpha value is -3.25. The van der Waals surface area contributed by atoms with Gasteiger partial charge in [0.25, 0.3) is 5.56 Å². The highest BCUT2D eigenvalue weighted by Crippen LogP contribution is 2.20. The average molecular weight is 388 g/mol. The van der Waals surface area contributed by atoms with Gasteiger partial charge in [-0.05, 0) is 23.3 Å². The first-order valence-corrected chi connectivity index (χ1v) is 9.77. The number of hydrogen-bond acceptors (Lipinski definition) is 3. The minimum absolute atomic E-state index is 0.00601. The highest BCUT2D eigenvalue weighted by Gasteiger charge is 2.24.